The number of para-hydroxylation sites is 1. The van der Waals surface area contributed by atoms with Gasteiger partial charge in [0.15, 0.2) is 0 Å². The number of aryl methyl sites for hydroxylation is 1. The third-order valence-electron chi connectivity index (χ3n) is 6.85. The largest absolute Gasteiger partial charge is 0.487 e. The van der Waals surface area contributed by atoms with Crippen LogP contribution >= 0.6 is 16.1 Å². The molecule has 0 radical (unpaired) electrons. The molecule has 0 unspecified atom stereocenters. The lowest BCUT2D eigenvalue weighted by Crippen LogP contribution is -2.51. The third kappa shape index (κ3) is 6.31. The molecule has 0 spiro atoms. The predicted molar refractivity (Wildman–Crippen MR) is 149 cm³/mol. The molecule has 0 aliphatic carbocycles. The average molecular weight is 557 g/mol. The van der Waals surface area contributed by atoms with Crippen molar-refractivity contribution in [2.75, 3.05) is 26.8 Å². The summed E-state index contributed by atoms with van der Waals surface area (Å²) in [6.45, 7) is 8.01. The first-order valence-electron chi connectivity index (χ1n) is 13.0. The molecular weight excluding hydrogens is 518 g/mol. The lowest BCUT2D eigenvalue weighted by molar-refractivity contribution is 0.0527. The summed E-state index contributed by atoms with van der Waals surface area (Å²) in [5, 5.41) is 1.03. The molecule has 1 aromatic heterocycles. The van der Waals surface area contributed by atoms with E-state index in [1.54, 1.807) is 7.11 Å². The van der Waals surface area contributed by atoms with Gasteiger partial charge in [-0.25, -0.2) is 3.93 Å². The number of amides is 1. The molecule has 36 heavy (non-hydrogen) atoms. The van der Waals surface area contributed by atoms with E-state index in [9.17, 15) is 4.79 Å². The molecule has 1 atom stereocenters. The smallest absolute Gasteiger partial charge is 0.271 e. The fourth-order valence-electron chi connectivity index (χ4n) is 5.16. The van der Waals surface area contributed by atoms with Crippen LogP contribution in [0.2, 0.25) is 0 Å². The molecule has 0 bridgehead atoms. The first kappa shape index (κ1) is 26.7. The highest BCUT2D eigenvalue weighted by Gasteiger charge is 2.32. The molecule has 1 fully saturated rings. The average Bonchev–Trinajstić information content (AvgIpc) is 3.25. The number of benzene rings is 2. The van der Waals surface area contributed by atoms with Gasteiger partial charge in [-0.2, -0.15) is 0 Å². The lowest BCUT2D eigenvalue weighted by atomic mass is 10.0. The molecular formula is C29H38BrN3O3. The zero-order chi connectivity index (χ0) is 25.5. The van der Waals surface area contributed by atoms with Gasteiger partial charge in [0.25, 0.3) is 5.91 Å². The summed E-state index contributed by atoms with van der Waals surface area (Å²) >= 11 is 3.65. The van der Waals surface area contributed by atoms with E-state index in [0.29, 0.717) is 13.2 Å². The Bertz CT molecular complexity index is 1130. The van der Waals surface area contributed by atoms with E-state index < -0.39 is 0 Å². The Morgan fingerprint density at radius 1 is 1.14 bits per heavy atom. The second-order valence-electron chi connectivity index (χ2n) is 9.82. The number of carbonyl (C=O) groups excluding carboxylic acids is 1. The van der Waals surface area contributed by atoms with E-state index in [4.69, 9.17) is 9.47 Å². The number of hydrogen-bond acceptors (Lipinski definition) is 4. The molecule has 194 valence electrons. The van der Waals surface area contributed by atoms with Crippen LogP contribution in [0.25, 0.3) is 10.9 Å². The summed E-state index contributed by atoms with van der Waals surface area (Å²) in [5.74, 6) is 0.900. The Kier molecular flexibility index (Phi) is 9.46. The molecule has 2 heterocycles. The van der Waals surface area contributed by atoms with Crippen LogP contribution in [0.15, 0.2) is 54.6 Å². The van der Waals surface area contributed by atoms with Crippen molar-refractivity contribution in [3.63, 3.8) is 0 Å². The Hall–Kier alpha value is -2.35. The summed E-state index contributed by atoms with van der Waals surface area (Å²) in [6, 6.07) is 18.6. The van der Waals surface area contributed by atoms with E-state index in [1.807, 2.05) is 36.4 Å². The zero-order valence-corrected chi connectivity index (χ0v) is 23.2. The standard InChI is InChI=1S/C29H38BrN3O3/c1-22(2)33(25-14-10-16-31(30)20-25)29(34)26-19-24-13-9-15-27(36-21-23-11-5-4-6-12-23)28(24)32(26)17-7-8-18-35-3/h4-6,9,11-13,15,19,22,25H,7-8,10,14,16-18,20-21H2,1-3H3/t25-/m1/s1. The molecule has 1 amide bonds. The van der Waals surface area contributed by atoms with Gasteiger partial charge in [0, 0.05) is 67.0 Å². The van der Waals surface area contributed by atoms with E-state index in [2.05, 4.69) is 61.6 Å². The van der Waals surface area contributed by atoms with Gasteiger partial charge in [-0.05, 0) is 57.2 Å². The maximum Gasteiger partial charge on any atom is 0.271 e. The van der Waals surface area contributed by atoms with Crippen LogP contribution in [0.4, 0.5) is 0 Å². The monoisotopic (exact) mass is 555 g/mol. The Labute approximate surface area is 223 Å². The Morgan fingerprint density at radius 2 is 1.94 bits per heavy atom. The van der Waals surface area contributed by atoms with E-state index in [-0.39, 0.29) is 18.0 Å². The fraction of sp³-hybridized carbons (Fsp3) is 0.483. The number of piperidine rings is 1. The molecule has 1 aliphatic heterocycles. The fourth-order valence-corrected chi connectivity index (χ4v) is 5.74. The highest BCUT2D eigenvalue weighted by Crippen LogP contribution is 2.32. The van der Waals surface area contributed by atoms with Crippen LogP contribution in [0.3, 0.4) is 0 Å². The number of nitrogens with zero attached hydrogens (tertiary/aromatic N) is 3. The maximum absolute atomic E-state index is 14.2. The van der Waals surface area contributed by atoms with Crippen molar-refractivity contribution >= 4 is 33.0 Å². The van der Waals surface area contributed by atoms with Gasteiger partial charge < -0.3 is 18.9 Å². The number of ether oxygens (including phenoxy) is 2. The summed E-state index contributed by atoms with van der Waals surface area (Å²) in [5.41, 5.74) is 2.84. The van der Waals surface area contributed by atoms with Crippen LogP contribution in [-0.4, -0.2) is 58.2 Å². The van der Waals surface area contributed by atoms with Crippen LogP contribution in [0.5, 0.6) is 5.75 Å². The minimum Gasteiger partial charge on any atom is -0.487 e. The number of rotatable bonds is 11. The number of halogens is 1. The van der Waals surface area contributed by atoms with E-state index in [0.717, 1.165) is 73.2 Å². The number of hydrogen-bond donors (Lipinski definition) is 0. The lowest BCUT2D eigenvalue weighted by Gasteiger charge is -2.39. The molecule has 6 nitrogen and oxygen atoms in total. The second kappa shape index (κ2) is 12.7. The van der Waals surface area contributed by atoms with Crippen LogP contribution < -0.4 is 4.74 Å². The number of methoxy groups -OCH3 is 1. The normalized spacial score (nSPS) is 16.5. The molecule has 3 aromatic rings. The Morgan fingerprint density at radius 3 is 2.67 bits per heavy atom. The predicted octanol–water partition coefficient (Wildman–Crippen LogP) is 6.27. The zero-order valence-electron chi connectivity index (χ0n) is 21.7. The van der Waals surface area contributed by atoms with Crippen molar-refractivity contribution in [1.29, 1.82) is 0 Å². The van der Waals surface area contributed by atoms with Gasteiger partial charge in [0.05, 0.1) is 5.52 Å². The van der Waals surface area contributed by atoms with E-state index >= 15 is 0 Å². The number of unbranched alkanes of at least 4 members (excludes halogenated alkanes) is 1. The molecule has 2 aromatic carbocycles. The molecule has 7 heteroatoms. The van der Waals surface area contributed by atoms with Crippen molar-refractivity contribution < 1.29 is 14.3 Å². The van der Waals surface area contributed by atoms with Gasteiger partial charge in [-0.1, -0.05) is 42.5 Å². The quantitative estimate of drug-likeness (QED) is 0.206. The minimum absolute atomic E-state index is 0.0924. The summed E-state index contributed by atoms with van der Waals surface area (Å²) in [7, 11) is 1.73. The van der Waals surface area contributed by atoms with Crippen molar-refractivity contribution in [2.24, 2.45) is 0 Å². The van der Waals surface area contributed by atoms with Crippen LogP contribution in [-0.2, 0) is 17.9 Å². The van der Waals surface area contributed by atoms with Gasteiger partial charge in [-0.15, -0.1) is 0 Å². The Balaban J connectivity index is 1.70. The number of carbonyl (C=O) groups is 1. The highest BCUT2D eigenvalue weighted by molar-refractivity contribution is 9.07. The first-order valence-corrected chi connectivity index (χ1v) is 13.7. The van der Waals surface area contributed by atoms with Gasteiger partial charge in [0.1, 0.15) is 18.1 Å². The van der Waals surface area contributed by atoms with Crippen molar-refractivity contribution in [1.82, 2.24) is 13.4 Å². The summed E-state index contributed by atoms with van der Waals surface area (Å²) < 4.78 is 15.9. The van der Waals surface area contributed by atoms with E-state index in [1.165, 1.54) is 0 Å². The van der Waals surface area contributed by atoms with Crippen molar-refractivity contribution in [3.05, 3.63) is 65.9 Å². The van der Waals surface area contributed by atoms with Crippen LogP contribution in [0.1, 0.15) is 55.6 Å². The highest BCUT2D eigenvalue weighted by atomic mass is 79.9. The van der Waals surface area contributed by atoms with Crippen LogP contribution in [0, 0.1) is 0 Å². The third-order valence-corrected chi connectivity index (χ3v) is 7.50. The number of fused-ring (bicyclic) bond motifs is 1. The van der Waals surface area contributed by atoms with Gasteiger partial charge >= 0.3 is 0 Å². The molecule has 1 saturated heterocycles. The first-order chi connectivity index (χ1) is 17.5. The minimum atomic E-state index is 0.0924. The second-order valence-corrected chi connectivity index (χ2v) is 10.8. The van der Waals surface area contributed by atoms with Crippen molar-refractivity contribution in [2.45, 2.75) is 64.8 Å². The molecule has 1 aliphatic rings. The molecule has 0 saturated carbocycles. The topological polar surface area (TPSA) is 46.9 Å². The maximum atomic E-state index is 14.2. The summed E-state index contributed by atoms with van der Waals surface area (Å²) in [6.07, 6.45) is 3.95. The molecule has 0 N–H and O–H groups in total. The van der Waals surface area contributed by atoms with Gasteiger partial charge in [0.2, 0.25) is 0 Å². The molecule has 4 rings (SSSR count). The SMILES string of the molecule is COCCCCn1c(C(=O)N(C(C)C)[C@@H]2CCCN(Br)C2)cc2cccc(OCc3ccccc3)c21. The van der Waals surface area contributed by atoms with Crippen molar-refractivity contribution in [3.8, 4) is 5.75 Å². The summed E-state index contributed by atoms with van der Waals surface area (Å²) in [4.78, 5) is 16.2. The number of aromatic nitrogens is 1. The van der Waals surface area contributed by atoms with Gasteiger partial charge in [-0.3, -0.25) is 4.79 Å².